The van der Waals surface area contributed by atoms with Crippen molar-refractivity contribution in [2.24, 2.45) is 0 Å². The number of ether oxygens (including phenoxy) is 1. The van der Waals surface area contributed by atoms with Crippen molar-refractivity contribution in [3.63, 3.8) is 0 Å². The Balaban J connectivity index is 1.98. The normalized spacial score (nSPS) is 11.8. The van der Waals surface area contributed by atoms with E-state index in [0.717, 1.165) is 6.42 Å². The van der Waals surface area contributed by atoms with E-state index in [1.807, 2.05) is 18.2 Å². The minimum Gasteiger partial charge on any atom is -0.478 e. The van der Waals surface area contributed by atoms with Gasteiger partial charge in [-0.2, -0.15) is 0 Å². The van der Waals surface area contributed by atoms with Crippen LogP contribution < -0.4 is 5.32 Å². The van der Waals surface area contributed by atoms with Gasteiger partial charge < -0.3 is 15.2 Å². The molecule has 0 aliphatic carbocycles. The Labute approximate surface area is 147 Å². The number of hydrogen-bond donors (Lipinski definition) is 2. The summed E-state index contributed by atoms with van der Waals surface area (Å²) in [5, 5.41) is 12.0. The van der Waals surface area contributed by atoms with Crippen molar-refractivity contribution >= 4 is 17.6 Å². The van der Waals surface area contributed by atoms with Gasteiger partial charge in [0.25, 0.3) is 0 Å². The molecule has 5 nitrogen and oxygen atoms in total. The molecule has 0 fully saturated rings. The number of carbonyl (C=O) groups excluding carboxylic acids is 1. The van der Waals surface area contributed by atoms with E-state index >= 15 is 0 Å². The lowest BCUT2D eigenvalue weighted by Gasteiger charge is -2.12. The van der Waals surface area contributed by atoms with Gasteiger partial charge in [-0.05, 0) is 41.7 Å². The zero-order chi connectivity index (χ0) is 18.2. The molecular weight excluding hydrogens is 318 g/mol. The molecule has 0 radical (unpaired) electrons. The van der Waals surface area contributed by atoms with E-state index in [4.69, 9.17) is 4.74 Å². The first-order valence-electron chi connectivity index (χ1n) is 8.20. The van der Waals surface area contributed by atoms with Gasteiger partial charge >= 0.3 is 5.97 Å². The zero-order valence-electron chi connectivity index (χ0n) is 14.5. The predicted molar refractivity (Wildman–Crippen MR) is 96.8 cm³/mol. The van der Waals surface area contributed by atoms with E-state index in [1.165, 1.54) is 18.7 Å². The molecule has 1 amide bonds. The van der Waals surface area contributed by atoms with E-state index < -0.39 is 5.97 Å². The van der Waals surface area contributed by atoms with Crippen LogP contribution in [0.4, 0.5) is 5.69 Å². The molecule has 2 N–H and O–H groups in total. The fraction of sp³-hybridized carbons (Fsp3) is 0.300. The number of hydrogen-bond acceptors (Lipinski definition) is 3. The van der Waals surface area contributed by atoms with Crippen molar-refractivity contribution in [1.29, 1.82) is 0 Å². The summed E-state index contributed by atoms with van der Waals surface area (Å²) in [6, 6.07) is 14.8. The van der Waals surface area contributed by atoms with Gasteiger partial charge in [-0.25, -0.2) is 4.79 Å². The van der Waals surface area contributed by atoms with E-state index in [1.54, 1.807) is 12.1 Å². The molecule has 2 aromatic carbocycles. The predicted octanol–water partition coefficient (Wildman–Crippen LogP) is 4.05. The fourth-order valence-corrected chi connectivity index (χ4v) is 2.66. The monoisotopic (exact) mass is 341 g/mol. The molecule has 2 rings (SSSR count). The SMILES string of the molecule is COCc1cc(NC(=O)CCC(C)c2ccccc2)cc(C(=O)O)c1. The average molecular weight is 341 g/mol. The van der Waals surface area contributed by atoms with Crippen LogP contribution in [-0.2, 0) is 16.1 Å². The smallest absolute Gasteiger partial charge is 0.335 e. The molecule has 2 aromatic rings. The van der Waals surface area contributed by atoms with Crippen molar-refractivity contribution in [3.05, 3.63) is 65.2 Å². The Bertz CT molecular complexity index is 728. The molecule has 1 unspecified atom stereocenters. The maximum Gasteiger partial charge on any atom is 0.335 e. The largest absolute Gasteiger partial charge is 0.478 e. The van der Waals surface area contributed by atoms with Gasteiger partial charge in [-0.1, -0.05) is 37.3 Å². The molecule has 0 bridgehead atoms. The maximum absolute atomic E-state index is 12.2. The molecule has 0 saturated carbocycles. The summed E-state index contributed by atoms with van der Waals surface area (Å²) >= 11 is 0. The van der Waals surface area contributed by atoms with Gasteiger partial charge in [0.1, 0.15) is 0 Å². The molecular formula is C20H23NO4. The molecule has 0 aliphatic heterocycles. The number of aromatic carboxylic acids is 1. The minimum absolute atomic E-state index is 0.127. The highest BCUT2D eigenvalue weighted by Gasteiger charge is 2.11. The highest BCUT2D eigenvalue weighted by molar-refractivity contribution is 5.94. The van der Waals surface area contributed by atoms with Crippen molar-refractivity contribution in [3.8, 4) is 0 Å². The molecule has 1 atom stereocenters. The second-order valence-electron chi connectivity index (χ2n) is 6.06. The second kappa shape index (κ2) is 8.99. The van der Waals surface area contributed by atoms with Crippen LogP contribution in [0.25, 0.3) is 0 Å². The number of carboxylic acid groups (broad SMARTS) is 1. The molecule has 0 spiro atoms. The third kappa shape index (κ3) is 5.72. The second-order valence-corrected chi connectivity index (χ2v) is 6.06. The molecule has 0 saturated heterocycles. The lowest BCUT2D eigenvalue weighted by molar-refractivity contribution is -0.116. The van der Waals surface area contributed by atoms with Gasteiger partial charge in [0.05, 0.1) is 12.2 Å². The Hall–Kier alpha value is -2.66. The first-order chi connectivity index (χ1) is 12.0. The number of carbonyl (C=O) groups is 2. The fourth-order valence-electron chi connectivity index (χ4n) is 2.66. The highest BCUT2D eigenvalue weighted by Crippen LogP contribution is 2.21. The van der Waals surface area contributed by atoms with Crippen LogP contribution in [0.15, 0.2) is 48.5 Å². The minimum atomic E-state index is -1.04. The van der Waals surface area contributed by atoms with E-state index in [2.05, 4.69) is 24.4 Å². The van der Waals surface area contributed by atoms with Gasteiger partial charge in [0.2, 0.25) is 5.91 Å². The first kappa shape index (κ1) is 18.7. The van der Waals surface area contributed by atoms with Crippen molar-refractivity contribution in [2.75, 3.05) is 12.4 Å². The number of benzene rings is 2. The summed E-state index contributed by atoms with van der Waals surface area (Å²) in [5.74, 6) is -0.888. The lowest BCUT2D eigenvalue weighted by atomic mass is 9.96. The summed E-state index contributed by atoms with van der Waals surface area (Å²) in [6.45, 7) is 2.37. The number of amides is 1. The van der Waals surface area contributed by atoms with Gasteiger partial charge in [0.15, 0.2) is 0 Å². The molecule has 5 heteroatoms. The molecule has 25 heavy (non-hydrogen) atoms. The number of carboxylic acids is 1. The van der Waals surface area contributed by atoms with Crippen molar-refractivity contribution < 1.29 is 19.4 Å². The van der Waals surface area contributed by atoms with Crippen LogP contribution >= 0.6 is 0 Å². The van der Waals surface area contributed by atoms with Crippen LogP contribution in [0.1, 0.15) is 47.2 Å². The highest BCUT2D eigenvalue weighted by atomic mass is 16.5. The molecule has 0 aromatic heterocycles. The number of rotatable bonds is 8. The topological polar surface area (TPSA) is 75.6 Å². The summed E-state index contributed by atoms with van der Waals surface area (Å²) in [7, 11) is 1.54. The quantitative estimate of drug-likeness (QED) is 0.759. The van der Waals surface area contributed by atoms with Gasteiger partial charge in [0, 0.05) is 19.2 Å². The Morgan fingerprint density at radius 1 is 1.16 bits per heavy atom. The van der Waals surface area contributed by atoms with Crippen LogP contribution in [-0.4, -0.2) is 24.1 Å². The third-order valence-electron chi connectivity index (χ3n) is 4.01. The third-order valence-corrected chi connectivity index (χ3v) is 4.01. The molecule has 132 valence electrons. The average Bonchev–Trinajstić information content (AvgIpc) is 2.60. The number of methoxy groups -OCH3 is 1. The number of anilines is 1. The summed E-state index contributed by atoms with van der Waals surface area (Å²) < 4.78 is 5.04. The number of nitrogens with one attached hydrogen (secondary N) is 1. The van der Waals surface area contributed by atoms with E-state index in [-0.39, 0.29) is 24.0 Å². The van der Waals surface area contributed by atoms with Gasteiger partial charge in [-0.3, -0.25) is 4.79 Å². The van der Waals surface area contributed by atoms with E-state index in [9.17, 15) is 14.7 Å². The van der Waals surface area contributed by atoms with Crippen LogP contribution in [0.5, 0.6) is 0 Å². The van der Waals surface area contributed by atoms with Crippen molar-refractivity contribution in [2.45, 2.75) is 32.3 Å². The Morgan fingerprint density at radius 2 is 1.88 bits per heavy atom. The van der Waals surface area contributed by atoms with E-state index in [0.29, 0.717) is 17.7 Å². The van der Waals surface area contributed by atoms with Crippen LogP contribution in [0.2, 0.25) is 0 Å². The van der Waals surface area contributed by atoms with Gasteiger partial charge in [-0.15, -0.1) is 0 Å². The molecule has 0 heterocycles. The summed E-state index contributed by atoms with van der Waals surface area (Å²) in [6.07, 6.45) is 1.09. The Morgan fingerprint density at radius 3 is 2.52 bits per heavy atom. The van der Waals surface area contributed by atoms with Crippen LogP contribution in [0, 0.1) is 0 Å². The molecule has 0 aliphatic rings. The maximum atomic E-state index is 12.2. The Kier molecular flexibility index (Phi) is 6.71. The van der Waals surface area contributed by atoms with Crippen LogP contribution in [0.3, 0.4) is 0 Å². The summed E-state index contributed by atoms with van der Waals surface area (Å²) in [5.41, 5.74) is 2.51. The standard InChI is InChI=1S/C20H23NO4/c1-14(16-6-4-3-5-7-16)8-9-19(22)21-18-11-15(13-25-2)10-17(12-18)20(23)24/h3-7,10-12,14H,8-9,13H2,1-2H3,(H,21,22)(H,23,24). The lowest BCUT2D eigenvalue weighted by Crippen LogP contribution is -2.13. The first-order valence-corrected chi connectivity index (χ1v) is 8.20. The zero-order valence-corrected chi connectivity index (χ0v) is 14.5. The van der Waals surface area contributed by atoms with Crippen molar-refractivity contribution in [1.82, 2.24) is 0 Å². The summed E-state index contributed by atoms with van der Waals surface area (Å²) in [4.78, 5) is 23.4.